The number of carbonyl (C=O) groups is 2. The summed E-state index contributed by atoms with van der Waals surface area (Å²) in [5.74, 6) is 0.342. The molecule has 142 valence electrons. The van der Waals surface area contributed by atoms with Crippen molar-refractivity contribution in [1.29, 1.82) is 0 Å². The van der Waals surface area contributed by atoms with Crippen molar-refractivity contribution in [2.45, 2.75) is 31.3 Å². The number of piperazine rings is 1. The molecule has 0 unspecified atom stereocenters. The molecule has 3 rings (SSSR count). The lowest BCUT2D eigenvalue weighted by atomic mass is 9.86. The number of nitrogens with one attached hydrogen (secondary N) is 1. The number of likely N-dealkylation sites (N-methyl/N-ethyl adjacent to an activating group) is 1. The van der Waals surface area contributed by atoms with Gasteiger partial charge in [0.15, 0.2) is 6.61 Å². The van der Waals surface area contributed by atoms with Crippen LogP contribution in [0.4, 0.5) is 0 Å². The minimum absolute atomic E-state index is 0.0531. The van der Waals surface area contributed by atoms with Gasteiger partial charge in [-0.05, 0) is 37.6 Å². The van der Waals surface area contributed by atoms with Crippen LogP contribution in [0.2, 0.25) is 0 Å². The van der Waals surface area contributed by atoms with E-state index in [1.807, 2.05) is 18.2 Å². The highest BCUT2D eigenvalue weighted by Crippen LogP contribution is 2.31. The molecule has 2 aliphatic heterocycles. The molecule has 3 N–H and O–H groups in total. The van der Waals surface area contributed by atoms with Crippen LogP contribution in [0.5, 0.6) is 5.75 Å². The fourth-order valence-corrected chi connectivity index (χ4v) is 3.96. The van der Waals surface area contributed by atoms with E-state index >= 15 is 0 Å². The highest BCUT2D eigenvalue weighted by Gasteiger charge is 2.40. The average Bonchev–Trinajstić information content (AvgIpc) is 2.79. The Hall–Kier alpha value is -2.12. The van der Waals surface area contributed by atoms with Crippen LogP contribution in [0.3, 0.4) is 0 Å². The van der Waals surface area contributed by atoms with Gasteiger partial charge in [-0.3, -0.25) is 19.4 Å². The molecule has 1 spiro atoms. The maximum atomic E-state index is 11.7. The summed E-state index contributed by atoms with van der Waals surface area (Å²) >= 11 is 0. The van der Waals surface area contributed by atoms with Crippen molar-refractivity contribution in [2.75, 3.05) is 39.8 Å². The predicted molar refractivity (Wildman–Crippen MR) is 98.6 cm³/mol. The minimum atomic E-state index is -0.479. The van der Waals surface area contributed by atoms with Gasteiger partial charge >= 0.3 is 0 Å². The second kappa shape index (κ2) is 8.05. The number of ether oxygens (including phenoxy) is 1. The molecular formula is C19H28N4O3. The summed E-state index contributed by atoms with van der Waals surface area (Å²) < 4.78 is 5.41. The van der Waals surface area contributed by atoms with Crippen LogP contribution in [-0.4, -0.2) is 67.0 Å². The van der Waals surface area contributed by atoms with Gasteiger partial charge in [0.2, 0.25) is 5.91 Å². The third-order valence-electron chi connectivity index (χ3n) is 5.49. The van der Waals surface area contributed by atoms with Crippen LogP contribution in [-0.2, 0) is 16.1 Å². The van der Waals surface area contributed by atoms with Gasteiger partial charge in [0.05, 0.1) is 0 Å². The lowest BCUT2D eigenvalue weighted by Gasteiger charge is -2.49. The Kier molecular flexibility index (Phi) is 5.78. The highest BCUT2D eigenvalue weighted by molar-refractivity contribution is 5.76. The number of nitrogens with two attached hydrogens (primary N) is 1. The second-order valence-corrected chi connectivity index (χ2v) is 7.36. The smallest absolute Gasteiger partial charge is 0.255 e. The maximum absolute atomic E-state index is 11.7. The number of amides is 2. The number of hydrogen-bond donors (Lipinski definition) is 2. The molecular weight excluding hydrogens is 332 g/mol. The quantitative estimate of drug-likeness (QED) is 0.790. The number of hydrogen-bond acceptors (Lipinski definition) is 5. The van der Waals surface area contributed by atoms with Crippen molar-refractivity contribution in [3.8, 4) is 5.75 Å². The summed E-state index contributed by atoms with van der Waals surface area (Å²) in [6, 6.07) is 7.80. The maximum Gasteiger partial charge on any atom is 0.255 e. The van der Waals surface area contributed by atoms with E-state index in [0.717, 1.165) is 51.1 Å². The van der Waals surface area contributed by atoms with Crippen molar-refractivity contribution >= 4 is 11.8 Å². The van der Waals surface area contributed by atoms with Crippen LogP contribution in [0, 0.1) is 0 Å². The Morgan fingerprint density at radius 3 is 3.00 bits per heavy atom. The fourth-order valence-electron chi connectivity index (χ4n) is 3.96. The Morgan fingerprint density at radius 1 is 1.35 bits per heavy atom. The lowest BCUT2D eigenvalue weighted by molar-refractivity contribution is -0.121. The lowest BCUT2D eigenvalue weighted by Crippen LogP contribution is -2.60. The van der Waals surface area contributed by atoms with E-state index in [0.29, 0.717) is 12.2 Å². The van der Waals surface area contributed by atoms with Gasteiger partial charge < -0.3 is 15.8 Å². The van der Waals surface area contributed by atoms with Crippen LogP contribution in [0.15, 0.2) is 24.3 Å². The van der Waals surface area contributed by atoms with E-state index in [1.165, 1.54) is 0 Å². The summed E-state index contributed by atoms with van der Waals surface area (Å²) in [6.45, 7) is 4.39. The van der Waals surface area contributed by atoms with Gasteiger partial charge in [0, 0.05) is 44.7 Å². The average molecular weight is 360 g/mol. The van der Waals surface area contributed by atoms with Crippen molar-refractivity contribution in [3.63, 3.8) is 0 Å². The Labute approximate surface area is 154 Å². The van der Waals surface area contributed by atoms with Crippen molar-refractivity contribution in [3.05, 3.63) is 29.8 Å². The van der Waals surface area contributed by atoms with Crippen LogP contribution >= 0.6 is 0 Å². The molecule has 0 aromatic heterocycles. The summed E-state index contributed by atoms with van der Waals surface area (Å²) in [5.41, 5.74) is 6.34. The molecule has 2 saturated heterocycles. The summed E-state index contributed by atoms with van der Waals surface area (Å²) in [5, 5.41) is 2.99. The van der Waals surface area contributed by atoms with Crippen molar-refractivity contribution < 1.29 is 14.3 Å². The van der Waals surface area contributed by atoms with E-state index in [1.54, 1.807) is 0 Å². The SMILES string of the molecule is CN1CCN(Cc2cccc(OCC(N)=O)c2)C[C@]12CCNC(=O)CC2. The molecule has 2 amide bonds. The molecule has 7 nitrogen and oxygen atoms in total. The fraction of sp³-hybridized carbons (Fsp3) is 0.579. The van der Waals surface area contributed by atoms with E-state index in [-0.39, 0.29) is 18.1 Å². The van der Waals surface area contributed by atoms with E-state index in [9.17, 15) is 9.59 Å². The Balaban J connectivity index is 1.65. The summed E-state index contributed by atoms with van der Waals surface area (Å²) in [4.78, 5) is 27.5. The Bertz CT molecular complexity index is 666. The van der Waals surface area contributed by atoms with Gasteiger partial charge in [-0.2, -0.15) is 0 Å². The van der Waals surface area contributed by atoms with Crippen LogP contribution < -0.4 is 15.8 Å². The standard InChI is InChI=1S/C19H28N4O3/c1-22-9-10-23(14-19(22)6-5-18(25)21-8-7-19)12-15-3-2-4-16(11-15)26-13-17(20)24/h2-4,11H,5-10,12-14H2,1H3,(H2,20,24)(H,21,25)/t19-/m0/s1. The van der Waals surface area contributed by atoms with Crippen molar-refractivity contribution in [2.24, 2.45) is 5.73 Å². The van der Waals surface area contributed by atoms with E-state index < -0.39 is 5.91 Å². The van der Waals surface area contributed by atoms with Crippen molar-refractivity contribution in [1.82, 2.24) is 15.1 Å². The van der Waals surface area contributed by atoms with Gasteiger partial charge in [-0.15, -0.1) is 0 Å². The first-order valence-electron chi connectivity index (χ1n) is 9.17. The topological polar surface area (TPSA) is 87.9 Å². The summed E-state index contributed by atoms with van der Waals surface area (Å²) in [6.07, 6.45) is 2.47. The first kappa shape index (κ1) is 18.7. The number of nitrogens with zero attached hydrogens (tertiary/aromatic N) is 2. The third kappa shape index (κ3) is 4.53. The molecule has 2 heterocycles. The van der Waals surface area contributed by atoms with E-state index in [2.05, 4.69) is 28.2 Å². The van der Waals surface area contributed by atoms with Crippen LogP contribution in [0.1, 0.15) is 24.8 Å². The minimum Gasteiger partial charge on any atom is -0.484 e. The predicted octanol–water partition coefficient (Wildman–Crippen LogP) is 0.337. The molecule has 2 fully saturated rings. The van der Waals surface area contributed by atoms with Gasteiger partial charge in [-0.1, -0.05) is 12.1 Å². The molecule has 7 heteroatoms. The number of carbonyl (C=O) groups excluding carboxylic acids is 2. The molecule has 0 bridgehead atoms. The van der Waals surface area contributed by atoms with Gasteiger partial charge in [0.25, 0.3) is 5.91 Å². The first-order valence-corrected chi connectivity index (χ1v) is 9.17. The third-order valence-corrected chi connectivity index (χ3v) is 5.49. The van der Waals surface area contributed by atoms with Gasteiger partial charge in [-0.25, -0.2) is 0 Å². The number of benzene rings is 1. The largest absolute Gasteiger partial charge is 0.484 e. The molecule has 0 radical (unpaired) electrons. The zero-order valence-electron chi connectivity index (χ0n) is 15.4. The second-order valence-electron chi connectivity index (χ2n) is 7.36. The number of rotatable bonds is 5. The first-order chi connectivity index (χ1) is 12.5. The molecule has 1 aromatic rings. The van der Waals surface area contributed by atoms with E-state index in [4.69, 9.17) is 10.5 Å². The number of primary amides is 1. The molecule has 0 aliphatic carbocycles. The Morgan fingerprint density at radius 2 is 2.19 bits per heavy atom. The monoisotopic (exact) mass is 360 g/mol. The zero-order valence-corrected chi connectivity index (χ0v) is 15.4. The molecule has 1 atom stereocenters. The molecule has 2 aliphatic rings. The van der Waals surface area contributed by atoms with Crippen LogP contribution in [0.25, 0.3) is 0 Å². The zero-order chi connectivity index (χ0) is 18.6. The molecule has 0 saturated carbocycles. The van der Waals surface area contributed by atoms with Gasteiger partial charge in [0.1, 0.15) is 5.75 Å². The normalized spacial score (nSPS) is 24.9. The molecule has 26 heavy (non-hydrogen) atoms. The highest BCUT2D eigenvalue weighted by atomic mass is 16.5. The summed E-state index contributed by atoms with van der Waals surface area (Å²) in [7, 11) is 2.17. The molecule has 1 aromatic carbocycles.